The van der Waals surface area contributed by atoms with Gasteiger partial charge in [-0.15, -0.1) is 0 Å². The van der Waals surface area contributed by atoms with Crippen LogP contribution in [0, 0.1) is 6.92 Å². The van der Waals surface area contributed by atoms with Crippen molar-refractivity contribution in [3.05, 3.63) is 64.6 Å². The van der Waals surface area contributed by atoms with Gasteiger partial charge in [-0.05, 0) is 58.9 Å². The number of fused-ring (bicyclic) bond motifs is 2. The first-order chi connectivity index (χ1) is 17.4. The van der Waals surface area contributed by atoms with Gasteiger partial charge >= 0.3 is 5.97 Å². The van der Waals surface area contributed by atoms with Gasteiger partial charge < -0.3 is 20.1 Å². The van der Waals surface area contributed by atoms with Crippen LogP contribution in [0.5, 0.6) is 0 Å². The predicted octanol–water partition coefficient (Wildman–Crippen LogP) is 4.11. The zero-order valence-corrected chi connectivity index (χ0v) is 21.9. The number of hydrogen-bond acceptors (Lipinski definition) is 6. The number of aromatic nitrogens is 3. The average molecular weight is 507 g/mol. The van der Waals surface area contributed by atoms with E-state index in [1.807, 2.05) is 70.2 Å². The van der Waals surface area contributed by atoms with Crippen molar-refractivity contribution in [3.8, 4) is 11.3 Å². The molecule has 0 bridgehead atoms. The number of nitrogens with zero attached hydrogens (tertiary/aromatic N) is 3. The molecular weight excluding hydrogens is 472 g/mol. The SMILES string of the molecule is CC(=O)O.Cc1c(-c2nc3ccccc3n(CC(=O)OC(C)(C)C)c2=O)c2ccccc2n1CCCN. The van der Waals surface area contributed by atoms with Gasteiger partial charge in [-0.3, -0.25) is 19.0 Å². The van der Waals surface area contributed by atoms with Gasteiger partial charge in [-0.2, -0.15) is 0 Å². The van der Waals surface area contributed by atoms with Gasteiger partial charge in [0.15, 0.2) is 0 Å². The summed E-state index contributed by atoms with van der Waals surface area (Å²) in [6.45, 7) is 9.66. The molecule has 0 amide bonds. The molecule has 0 fully saturated rings. The lowest BCUT2D eigenvalue weighted by Crippen LogP contribution is -2.31. The van der Waals surface area contributed by atoms with Crippen LogP contribution in [0.25, 0.3) is 33.2 Å². The standard InChI is InChI=1S/C26H30N4O3.C2H4O2/c1-17-23(18-10-5-7-12-20(18)29(17)15-9-14-27)24-25(32)30(16-22(31)33-26(2,3)4)21-13-8-6-11-19(21)28-24;1-2(3)4/h5-8,10-13H,9,14-16,27H2,1-4H3;1H3,(H,3,4). The normalized spacial score (nSPS) is 11.3. The molecule has 37 heavy (non-hydrogen) atoms. The molecule has 0 aliphatic heterocycles. The topological polar surface area (TPSA) is 129 Å². The highest BCUT2D eigenvalue weighted by Gasteiger charge is 2.23. The van der Waals surface area contributed by atoms with Crippen LogP contribution in [0.4, 0.5) is 0 Å². The number of carboxylic acid groups (broad SMARTS) is 1. The van der Waals surface area contributed by atoms with Gasteiger partial charge in [0.1, 0.15) is 17.8 Å². The van der Waals surface area contributed by atoms with Gasteiger partial charge in [0.25, 0.3) is 11.5 Å². The number of aliphatic carboxylic acids is 1. The number of rotatable bonds is 6. The van der Waals surface area contributed by atoms with E-state index >= 15 is 0 Å². The Balaban J connectivity index is 0.000000886. The lowest BCUT2D eigenvalue weighted by atomic mass is 10.1. The van der Waals surface area contributed by atoms with Crippen LogP contribution in [0.2, 0.25) is 0 Å². The number of carboxylic acids is 1. The maximum atomic E-state index is 13.8. The van der Waals surface area contributed by atoms with E-state index < -0.39 is 17.5 Å². The zero-order chi connectivity index (χ0) is 27.3. The maximum absolute atomic E-state index is 13.8. The van der Waals surface area contributed by atoms with Crippen molar-refractivity contribution in [2.45, 2.75) is 59.7 Å². The number of carbonyl (C=O) groups excluding carboxylic acids is 1. The van der Waals surface area contributed by atoms with Crippen molar-refractivity contribution in [3.63, 3.8) is 0 Å². The number of nitrogens with two attached hydrogens (primary N) is 1. The highest BCUT2D eigenvalue weighted by Crippen LogP contribution is 2.33. The summed E-state index contributed by atoms with van der Waals surface area (Å²) >= 11 is 0. The van der Waals surface area contributed by atoms with Crippen LogP contribution in [0.3, 0.4) is 0 Å². The van der Waals surface area contributed by atoms with Crippen molar-refractivity contribution >= 4 is 33.9 Å². The van der Waals surface area contributed by atoms with E-state index in [9.17, 15) is 9.59 Å². The van der Waals surface area contributed by atoms with E-state index in [0.717, 1.165) is 42.0 Å². The van der Waals surface area contributed by atoms with Gasteiger partial charge in [0.05, 0.1) is 11.0 Å². The van der Waals surface area contributed by atoms with Crippen molar-refractivity contribution in [1.29, 1.82) is 0 Å². The van der Waals surface area contributed by atoms with Crippen molar-refractivity contribution < 1.29 is 19.4 Å². The van der Waals surface area contributed by atoms with Gasteiger partial charge in [0.2, 0.25) is 0 Å². The molecule has 2 aromatic heterocycles. The van der Waals surface area contributed by atoms with Crippen molar-refractivity contribution in [2.75, 3.05) is 6.54 Å². The third kappa shape index (κ3) is 6.42. The fraction of sp³-hybridized carbons (Fsp3) is 0.357. The summed E-state index contributed by atoms with van der Waals surface area (Å²) in [5.74, 6) is -1.30. The first kappa shape index (κ1) is 27.6. The predicted molar refractivity (Wildman–Crippen MR) is 144 cm³/mol. The Bertz CT molecular complexity index is 1490. The smallest absolute Gasteiger partial charge is 0.326 e. The van der Waals surface area contributed by atoms with Gasteiger partial charge in [-0.1, -0.05) is 30.3 Å². The minimum Gasteiger partial charge on any atom is -0.481 e. The van der Waals surface area contributed by atoms with E-state index in [2.05, 4.69) is 4.57 Å². The van der Waals surface area contributed by atoms with E-state index in [1.165, 1.54) is 4.57 Å². The molecule has 196 valence electrons. The summed E-state index contributed by atoms with van der Waals surface area (Å²) in [6.07, 6.45) is 0.826. The monoisotopic (exact) mass is 506 g/mol. The molecule has 0 saturated heterocycles. The molecule has 2 heterocycles. The largest absolute Gasteiger partial charge is 0.481 e. The first-order valence-electron chi connectivity index (χ1n) is 12.1. The Labute approximate surface area is 215 Å². The summed E-state index contributed by atoms with van der Waals surface area (Å²) in [5.41, 5.74) is 9.16. The van der Waals surface area contributed by atoms with Crippen LogP contribution in [0.1, 0.15) is 39.8 Å². The molecule has 0 radical (unpaired) electrons. The Hall–Kier alpha value is -3.98. The van der Waals surface area contributed by atoms with E-state index in [0.29, 0.717) is 23.3 Å². The number of ether oxygens (including phenoxy) is 1. The Morgan fingerprint density at radius 3 is 2.24 bits per heavy atom. The molecule has 9 nitrogen and oxygen atoms in total. The second-order valence-corrected chi connectivity index (χ2v) is 9.72. The fourth-order valence-corrected chi connectivity index (χ4v) is 4.28. The average Bonchev–Trinajstić information content (AvgIpc) is 3.09. The van der Waals surface area contributed by atoms with Crippen LogP contribution in [0.15, 0.2) is 53.3 Å². The van der Waals surface area contributed by atoms with Crippen LogP contribution < -0.4 is 11.3 Å². The van der Waals surface area contributed by atoms with Crippen LogP contribution >= 0.6 is 0 Å². The number of para-hydroxylation sites is 3. The molecule has 0 aliphatic carbocycles. The summed E-state index contributed by atoms with van der Waals surface area (Å²) in [5, 5.41) is 8.37. The molecule has 0 aliphatic rings. The third-order valence-corrected chi connectivity index (χ3v) is 5.61. The maximum Gasteiger partial charge on any atom is 0.326 e. The van der Waals surface area contributed by atoms with E-state index in [1.54, 1.807) is 6.07 Å². The third-order valence-electron chi connectivity index (χ3n) is 5.61. The molecule has 3 N–H and O–H groups in total. The molecule has 0 unspecified atom stereocenters. The number of esters is 1. The number of hydrogen-bond donors (Lipinski definition) is 2. The minimum atomic E-state index is -0.833. The molecule has 4 aromatic rings. The Kier molecular flexibility index (Phi) is 8.49. The zero-order valence-electron chi connectivity index (χ0n) is 21.9. The lowest BCUT2D eigenvalue weighted by molar-refractivity contribution is -0.155. The number of aryl methyl sites for hydroxylation is 1. The molecule has 0 atom stereocenters. The summed E-state index contributed by atoms with van der Waals surface area (Å²) in [7, 11) is 0. The Morgan fingerprint density at radius 2 is 1.62 bits per heavy atom. The van der Waals surface area contributed by atoms with Gasteiger partial charge in [0, 0.05) is 35.6 Å². The molecule has 0 spiro atoms. The fourth-order valence-electron chi connectivity index (χ4n) is 4.28. The van der Waals surface area contributed by atoms with Crippen molar-refractivity contribution in [2.24, 2.45) is 5.73 Å². The molecule has 2 aromatic carbocycles. The summed E-state index contributed by atoms with van der Waals surface area (Å²) in [6, 6.07) is 15.4. The highest BCUT2D eigenvalue weighted by molar-refractivity contribution is 5.98. The van der Waals surface area contributed by atoms with Crippen molar-refractivity contribution in [1.82, 2.24) is 14.1 Å². The molecule has 9 heteroatoms. The molecule has 0 saturated carbocycles. The summed E-state index contributed by atoms with van der Waals surface area (Å²) < 4.78 is 9.15. The summed E-state index contributed by atoms with van der Waals surface area (Å²) in [4.78, 5) is 40.2. The van der Waals surface area contributed by atoms with E-state index in [4.69, 9.17) is 25.4 Å². The molecule has 4 rings (SSSR count). The first-order valence-corrected chi connectivity index (χ1v) is 12.1. The van der Waals surface area contributed by atoms with Crippen LogP contribution in [-0.4, -0.2) is 43.3 Å². The second-order valence-electron chi connectivity index (χ2n) is 9.72. The Morgan fingerprint density at radius 1 is 1.03 bits per heavy atom. The highest BCUT2D eigenvalue weighted by atomic mass is 16.6. The number of carbonyl (C=O) groups is 2. The molecular formula is C28H34N4O5. The van der Waals surface area contributed by atoms with Crippen LogP contribution in [-0.2, 0) is 27.4 Å². The van der Waals surface area contributed by atoms with E-state index in [-0.39, 0.29) is 12.1 Å². The van der Waals surface area contributed by atoms with Gasteiger partial charge in [-0.25, -0.2) is 4.98 Å². The lowest BCUT2D eigenvalue weighted by Gasteiger charge is -2.20. The second kappa shape index (κ2) is 11.4. The minimum absolute atomic E-state index is 0.184. The quantitative estimate of drug-likeness (QED) is 0.377. The number of benzene rings is 2.